The largest absolute Gasteiger partial charge is 0.455 e. The van der Waals surface area contributed by atoms with E-state index in [9.17, 15) is 13.2 Å². The van der Waals surface area contributed by atoms with E-state index in [0.29, 0.717) is 11.5 Å². The standard InChI is InChI=1S/C18H16N2O5S/c1-19-26(22,23)16-9-5-8-14(10-16)18(21)24-12-15-11-17(25-20-15)13-6-3-2-4-7-13/h2-11,19H,12H2,1H3. The summed E-state index contributed by atoms with van der Waals surface area (Å²) in [6, 6.07) is 16.7. The molecule has 0 fully saturated rings. The zero-order valence-corrected chi connectivity index (χ0v) is 14.7. The summed E-state index contributed by atoms with van der Waals surface area (Å²) in [5, 5.41) is 3.87. The molecule has 1 N–H and O–H groups in total. The average molecular weight is 372 g/mol. The molecule has 0 atom stereocenters. The van der Waals surface area contributed by atoms with Crippen LogP contribution in [-0.2, 0) is 21.4 Å². The van der Waals surface area contributed by atoms with E-state index >= 15 is 0 Å². The first-order valence-electron chi connectivity index (χ1n) is 7.71. The van der Waals surface area contributed by atoms with Crippen LogP contribution in [0.2, 0.25) is 0 Å². The lowest BCUT2D eigenvalue weighted by Gasteiger charge is -2.05. The molecule has 0 unspecified atom stereocenters. The smallest absolute Gasteiger partial charge is 0.338 e. The molecular weight excluding hydrogens is 356 g/mol. The molecule has 0 aliphatic rings. The van der Waals surface area contributed by atoms with Crippen molar-refractivity contribution >= 4 is 16.0 Å². The Bertz CT molecular complexity index is 1010. The highest BCUT2D eigenvalue weighted by Gasteiger charge is 2.16. The molecule has 7 nitrogen and oxygen atoms in total. The zero-order chi connectivity index (χ0) is 18.6. The third-order valence-electron chi connectivity index (χ3n) is 3.62. The normalized spacial score (nSPS) is 11.3. The van der Waals surface area contributed by atoms with Gasteiger partial charge in [-0.15, -0.1) is 0 Å². The summed E-state index contributed by atoms with van der Waals surface area (Å²) in [7, 11) is -2.33. The van der Waals surface area contributed by atoms with Crippen molar-refractivity contribution in [2.75, 3.05) is 7.05 Å². The number of carbonyl (C=O) groups is 1. The summed E-state index contributed by atoms with van der Waals surface area (Å²) in [6.07, 6.45) is 0. The van der Waals surface area contributed by atoms with E-state index in [1.807, 2.05) is 30.3 Å². The topological polar surface area (TPSA) is 98.5 Å². The number of nitrogens with zero attached hydrogens (tertiary/aromatic N) is 1. The van der Waals surface area contributed by atoms with Crippen LogP contribution in [0.1, 0.15) is 16.1 Å². The third kappa shape index (κ3) is 3.98. The summed E-state index contributed by atoms with van der Waals surface area (Å²) >= 11 is 0. The Morgan fingerprint density at radius 3 is 2.62 bits per heavy atom. The van der Waals surface area contributed by atoms with Crippen LogP contribution < -0.4 is 4.72 Å². The Kier molecular flexibility index (Phi) is 5.15. The molecule has 1 aromatic heterocycles. The number of hydrogen-bond acceptors (Lipinski definition) is 6. The van der Waals surface area contributed by atoms with Gasteiger partial charge in [-0.3, -0.25) is 0 Å². The molecule has 2 aromatic carbocycles. The van der Waals surface area contributed by atoms with Crippen molar-refractivity contribution < 1.29 is 22.5 Å². The van der Waals surface area contributed by atoms with Crippen LogP contribution in [-0.4, -0.2) is 26.6 Å². The van der Waals surface area contributed by atoms with Crippen LogP contribution in [0.3, 0.4) is 0 Å². The van der Waals surface area contributed by atoms with Crippen LogP contribution in [0.4, 0.5) is 0 Å². The molecule has 0 aliphatic carbocycles. The highest BCUT2D eigenvalue weighted by Crippen LogP contribution is 2.20. The predicted octanol–water partition coefficient (Wildman–Crippen LogP) is 2.61. The molecule has 3 aromatic rings. The van der Waals surface area contributed by atoms with E-state index in [-0.39, 0.29) is 17.1 Å². The SMILES string of the molecule is CNS(=O)(=O)c1cccc(C(=O)OCc2cc(-c3ccccc3)on2)c1. The van der Waals surface area contributed by atoms with Crippen molar-refractivity contribution in [2.24, 2.45) is 0 Å². The molecule has 0 amide bonds. The first-order valence-corrected chi connectivity index (χ1v) is 9.19. The lowest BCUT2D eigenvalue weighted by Crippen LogP contribution is -2.19. The summed E-state index contributed by atoms with van der Waals surface area (Å²) in [5.41, 5.74) is 1.45. The lowest BCUT2D eigenvalue weighted by atomic mass is 10.2. The predicted molar refractivity (Wildman–Crippen MR) is 93.7 cm³/mol. The molecule has 0 bridgehead atoms. The Hall–Kier alpha value is -2.97. The number of nitrogens with one attached hydrogen (secondary N) is 1. The fourth-order valence-electron chi connectivity index (χ4n) is 2.25. The molecule has 0 aliphatic heterocycles. The Morgan fingerprint density at radius 1 is 1.12 bits per heavy atom. The van der Waals surface area contributed by atoms with Crippen molar-refractivity contribution in [3.05, 3.63) is 71.9 Å². The Labute approximate surface area is 150 Å². The highest BCUT2D eigenvalue weighted by molar-refractivity contribution is 7.89. The maximum Gasteiger partial charge on any atom is 0.338 e. The number of rotatable bonds is 6. The van der Waals surface area contributed by atoms with Crippen molar-refractivity contribution in [2.45, 2.75) is 11.5 Å². The molecule has 0 radical (unpaired) electrons. The van der Waals surface area contributed by atoms with Crippen molar-refractivity contribution in [3.8, 4) is 11.3 Å². The summed E-state index contributed by atoms with van der Waals surface area (Å²) < 4.78 is 36.2. The van der Waals surface area contributed by atoms with Gasteiger partial charge in [0.05, 0.1) is 10.5 Å². The molecule has 0 spiro atoms. The van der Waals surface area contributed by atoms with E-state index in [1.54, 1.807) is 6.07 Å². The van der Waals surface area contributed by atoms with Crippen molar-refractivity contribution in [3.63, 3.8) is 0 Å². The van der Waals surface area contributed by atoms with Crippen LogP contribution in [0, 0.1) is 0 Å². The van der Waals surface area contributed by atoms with Gasteiger partial charge in [0.1, 0.15) is 12.3 Å². The number of aromatic nitrogens is 1. The minimum absolute atomic E-state index is 0.0118. The second-order valence-electron chi connectivity index (χ2n) is 5.36. The van der Waals surface area contributed by atoms with Crippen LogP contribution in [0.5, 0.6) is 0 Å². The second-order valence-corrected chi connectivity index (χ2v) is 7.25. The number of sulfonamides is 1. The molecule has 8 heteroatoms. The van der Waals surface area contributed by atoms with E-state index in [4.69, 9.17) is 9.26 Å². The number of benzene rings is 2. The van der Waals surface area contributed by atoms with Crippen molar-refractivity contribution in [1.82, 2.24) is 9.88 Å². The van der Waals surface area contributed by atoms with Gasteiger partial charge in [-0.25, -0.2) is 17.9 Å². The molecule has 0 saturated carbocycles. The van der Waals surface area contributed by atoms with Gasteiger partial charge >= 0.3 is 5.97 Å². The van der Waals surface area contributed by atoms with Gasteiger partial charge in [-0.2, -0.15) is 0 Å². The third-order valence-corrected chi connectivity index (χ3v) is 5.03. The zero-order valence-electron chi connectivity index (χ0n) is 13.9. The molecule has 134 valence electrons. The molecule has 3 rings (SSSR count). The fraction of sp³-hybridized carbons (Fsp3) is 0.111. The van der Waals surface area contributed by atoms with Crippen molar-refractivity contribution in [1.29, 1.82) is 0 Å². The van der Waals surface area contributed by atoms with E-state index in [1.165, 1.54) is 31.3 Å². The minimum Gasteiger partial charge on any atom is -0.455 e. The van der Waals surface area contributed by atoms with Gasteiger partial charge in [0.15, 0.2) is 5.76 Å². The van der Waals surface area contributed by atoms with Crippen LogP contribution in [0.15, 0.2) is 70.1 Å². The highest BCUT2D eigenvalue weighted by atomic mass is 32.2. The maximum absolute atomic E-state index is 12.2. The van der Waals surface area contributed by atoms with E-state index < -0.39 is 16.0 Å². The van der Waals surface area contributed by atoms with Crippen LogP contribution in [0.25, 0.3) is 11.3 Å². The van der Waals surface area contributed by atoms with Gasteiger partial charge < -0.3 is 9.26 Å². The quantitative estimate of drug-likeness (QED) is 0.668. The molecule has 0 saturated heterocycles. The number of ether oxygens (including phenoxy) is 1. The van der Waals surface area contributed by atoms with Crippen LogP contribution >= 0.6 is 0 Å². The van der Waals surface area contributed by atoms with Gasteiger partial charge in [-0.05, 0) is 25.2 Å². The first kappa shape index (κ1) is 17.8. The number of esters is 1. The molecular formula is C18H16N2O5S. The summed E-state index contributed by atoms with van der Waals surface area (Å²) in [5.74, 6) is -0.0822. The van der Waals surface area contributed by atoms with Gasteiger partial charge in [0.2, 0.25) is 10.0 Å². The number of hydrogen-bond donors (Lipinski definition) is 1. The van der Waals surface area contributed by atoms with Gasteiger partial charge in [-0.1, -0.05) is 41.6 Å². The lowest BCUT2D eigenvalue weighted by molar-refractivity contribution is 0.0464. The van der Waals surface area contributed by atoms with E-state index in [0.717, 1.165) is 5.56 Å². The molecule has 1 heterocycles. The molecule has 26 heavy (non-hydrogen) atoms. The number of carbonyl (C=O) groups excluding carboxylic acids is 1. The summed E-state index contributed by atoms with van der Waals surface area (Å²) in [6.45, 7) is -0.0851. The maximum atomic E-state index is 12.2. The second kappa shape index (κ2) is 7.51. The monoisotopic (exact) mass is 372 g/mol. The Balaban J connectivity index is 1.68. The average Bonchev–Trinajstić information content (AvgIpc) is 3.16. The fourth-order valence-corrected chi connectivity index (χ4v) is 3.02. The Morgan fingerprint density at radius 2 is 1.88 bits per heavy atom. The van der Waals surface area contributed by atoms with E-state index in [2.05, 4.69) is 9.88 Å². The summed E-state index contributed by atoms with van der Waals surface area (Å²) in [4.78, 5) is 12.2. The van der Waals surface area contributed by atoms with Gasteiger partial charge in [0.25, 0.3) is 0 Å². The first-order chi connectivity index (χ1) is 12.5. The van der Waals surface area contributed by atoms with Gasteiger partial charge in [0, 0.05) is 11.6 Å². The minimum atomic E-state index is -3.63.